The molecule has 0 aliphatic carbocycles. The minimum Gasteiger partial charge on any atom is -0.480 e. The predicted molar refractivity (Wildman–Crippen MR) is 139 cm³/mol. The van der Waals surface area contributed by atoms with Crippen LogP contribution in [0.1, 0.15) is 91.4 Å². The molecule has 1 rings (SSSR count). The molecule has 0 aromatic carbocycles. The van der Waals surface area contributed by atoms with Crippen molar-refractivity contribution in [3.8, 4) is 0 Å². The lowest BCUT2D eigenvalue weighted by atomic mass is 9.94. The topological polar surface area (TPSA) is 125 Å². The largest absolute Gasteiger partial charge is 0.480 e. The van der Waals surface area contributed by atoms with Gasteiger partial charge in [-0.25, -0.2) is 9.59 Å². The number of hydrogen-bond donors (Lipinski definition) is 3. The molecule has 4 atom stereocenters. The van der Waals surface area contributed by atoms with Crippen LogP contribution in [-0.2, 0) is 19.1 Å². The third-order valence-corrected chi connectivity index (χ3v) is 6.39. The van der Waals surface area contributed by atoms with E-state index in [-0.39, 0.29) is 24.3 Å². The van der Waals surface area contributed by atoms with Gasteiger partial charge in [-0.1, -0.05) is 58.6 Å². The van der Waals surface area contributed by atoms with Gasteiger partial charge in [-0.2, -0.15) is 0 Å². The van der Waals surface area contributed by atoms with Gasteiger partial charge >= 0.3 is 12.1 Å². The molecular weight excluding hydrogens is 462 g/mol. The van der Waals surface area contributed by atoms with E-state index in [4.69, 9.17) is 4.74 Å². The Labute approximate surface area is 216 Å². The number of allylic oxidation sites excluding steroid dienone is 2. The van der Waals surface area contributed by atoms with Gasteiger partial charge in [-0.15, -0.1) is 0 Å². The quantitative estimate of drug-likeness (QED) is 0.298. The van der Waals surface area contributed by atoms with Crippen molar-refractivity contribution in [2.24, 2.45) is 11.8 Å². The molecule has 0 radical (unpaired) electrons. The van der Waals surface area contributed by atoms with E-state index in [2.05, 4.69) is 17.6 Å². The fourth-order valence-corrected chi connectivity index (χ4v) is 4.37. The van der Waals surface area contributed by atoms with Gasteiger partial charge in [0, 0.05) is 20.0 Å². The molecule has 0 spiro atoms. The van der Waals surface area contributed by atoms with Crippen LogP contribution in [0.5, 0.6) is 0 Å². The third-order valence-electron chi connectivity index (χ3n) is 6.39. The molecular formula is C27H47N3O6. The Bertz CT molecular complexity index is 737. The molecule has 36 heavy (non-hydrogen) atoms. The molecule has 0 saturated carbocycles. The van der Waals surface area contributed by atoms with Crippen LogP contribution in [-0.4, -0.2) is 66.2 Å². The number of rotatable bonds is 10. The molecule has 1 aliphatic heterocycles. The summed E-state index contributed by atoms with van der Waals surface area (Å²) in [5.74, 6) is -2.52. The van der Waals surface area contributed by atoms with Crippen molar-refractivity contribution in [1.82, 2.24) is 15.5 Å². The average Bonchev–Trinajstić information content (AvgIpc) is 2.80. The van der Waals surface area contributed by atoms with Gasteiger partial charge in [0.2, 0.25) is 11.8 Å². The number of ether oxygens (including phenoxy) is 1. The fraction of sp³-hybridized carbons (Fsp3) is 0.778. The first-order valence-corrected chi connectivity index (χ1v) is 13.4. The normalized spacial score (nSPS) is 24.2. The SMILES string of the molecule is CCCCCCCC1CCC=CCC(C(=O)N(C)C)CC(C(=O)O)NC(=O)C(CC(C)C)NC(=O)O1. The lowest BCUT2D eigenvalue weighted by Gasteiger charge is -2.26. The van der Waals surface area contributed by atoms with Crippen molar-refractivity contribution in [2.75, 3.05) is 14.1 Å². The molecule has 3 amide bonds. The molecule has 3 N–H and O–H groups in total. The number of carboxylic acids is 1. The summed E-state index contributed by atoms with van der Waals surface area (Å²) in [7, 11) is 3.26. The number of cyclic esters (lactones) is 1. The molecule has 0 aromatic heterocycles. The first-order chi connectivity index (χ1) is 17.0. The van der Waals surface area contributed by atoms with Crippen molar-refractivity contribution in [3.63, 3.8) is 0 Å². The van der Waals surface area contributed by atoms with Gasteiger partial charge in [0.25, 0.3) is 0 Å². The van der Waals surface area contributed by atoms with Crippen molar-refractivity contribution < 1.29 is 29.0 Å². The van der Waals surface area contributed by atoms with E-state index in [1.807, 2.05) is 26.0 Å². The maximum Gasteiger partial charge on any atom is 0.408 e. The van der Waals surface area contributed by atoms with Crippen LogP contribution in [0.4, 0.5) is 4.79 Å². The van der Waals surface area contributed by atoms with Crippen LogP contribution < -0.4 is 10.6 Å². The zero-order chi connectivity index (χ0) is 27.1. The summed E-state index contributed by atoms with van der Waals surface area (Å²) in [6.45, 7) is 6.00. The summed E-state index contributed by atoms with van der Waals surface area (Å²) in [5, 5.41) is 15.0. The van der Waals surface area contributed by atoms with Crippen LogP contribution >= 0.6 is 0 Å². The van der Waals surface area contributed by atoms with Crippen molar-refractivity contribution in [1.29, 1.82) is 0 Å². The summed E-state index contributed by atoms with van der Waals surface area (Å²) >= 11 is 0. The van der Waals surface area contributed by atoms with Gasteiger partial charge in [-0.05, 0) is 50.9 Å². The van der Waals surface area contributed by atoms with Crippen LogP contribution in [0, 0.1) is 11.8 Å². The Kier molecular flexibility index (Phi) is 14.8. The van der Waals surface area contributed by atoms with Crippen LogP contribution in [0.3, 0.4) is 0 Å². The highest BCUT2D eigenvalue weighted by atomic mass is 16.6. The van der Waals surface area contributed by atoms with E-state index in [1.165, 1.54) is 11.3 Å². The molecule has 0 aromatic rings. The highest BCUT2D eigenvalue weighted by Gasteiger charge is 2.32. The van der Waals surface area contributed by atoms with E-state index >= 15 is 0 Å². The minimum atomic E-state index is -1.26. The number of hydrogen-bond acceptors (Lipinski definition) is 5. The van der Waals surface area contributed by atoms with E-state index in [0.717, 1.165) is 32.1 Å². The lowest BCUT2D eigenvalue weighted by molar-refractivity contribution is -0.143. The van der Waals surface area contributed by atoms with E-state index in [9.17, 15) is 24.3 Å². The Morgan fingerprint density at radius 3 is 2.42 bits per heavy atom. The molecule has 0 bridgehead atoms. The van der Waals surface area contributed by atoms with Crippen molar-refractivity contribution in [3.05, 3.63) is 12.2 Å². The minimum absolute atomic E-state index is 0.0400. The second-order valence-electron chi connectivity index (χ2n) is 10.4. The Hall–Kier alpha value is -2.58. The van der Waals surface area contributed by atoms with E-state index < -0.39 is 36.0 Å². The number of carbonyl (C=O) groups is 4. The van der Waals surface area contributed by atoms with Crippen LogP contribution in [0.2, 0.25) is 0 Å². The van der Waals surface area contributed by atoms with Gasteiger partial charge in [0.1, 0.15) is 18.2 Å². The zero-order valence-electron chi connectivity index (χ0n) is 22.8. The maximum absolute atomic E-state index is 13.1. The highest BCUT2D eigenvalue weighted by molar-refractivity contribution is 5.89. The molecule has 4 unspecified atom stereocenters. The second-order valence-corrected chi connectivity index (χ2v) is 10.4. The smallest absolute Gasteiger partial charge is 0.408 e. The first-order valence-electron chi connectivity index (χ1n) is 13.4. The fourth-order valence-electron chi connectivity index (χ4n) is 4.37. The van der Waals surface area contributed by atoms with Gasteiger partial charge in [0.15, 0.2) is 0 Å². The molecule has 206 valence electrons. The predicted octanol–water partition coefficient (Wildman–Crippen LogP) is 4.26. The van der Waals surface area contributed by atoms with Crippen LogP contribution in [0.15, 0.2) is 12.2 Å². The number of carboxylic acid groups (broad SMARTS) is 1. The van der Waals surface area contributed by atoms with Crippen molar-refractivity contribution in [2.45, 2.75) is 110 Å². The molecule has 1 heterocycles. The molecule has 1 aliphatic rings. The number of unbranched alkanes of at least 4 members (excludes halogenated alkanes) is 4. The Balaban J connectivity index is 3.13. The number of nitrogens with one attached hydrogen (secondary N) is 2. The Morgan fingerprint density at radius 1 is 1.11 bits per heavy atom. The standard InChI is InChI=1S/C27H47N3O6/c1-6-7-8-9-12-15-21-16-13-10-11-14-20(25(32)30(4)5)18-23(26(33)34)28-24(31)22(17-19(2)3)29-27(35)36-21/h10-11,19-23H,6-9,12-18H2,1-5H3,(H,28,31)(H,29,35)(H,33,34). The summed E-state index contributed by atoms with van der Waals surface area (Å²) in [6.07, 6.45) is 11.1. The van der Waals surface area contributed by atoms with Crippen molar-refractivity contribution >= 4 is 23.9 Å². The molecule has 0 saturated heterocycles. The van der Waals surface area contributed by atoms with Crippen LogP contribution in [0.25, 0.3) is 0 Å². The number of carbonyl (C=O) groups excluding carboxylic acids is 3. The second kappa shape index (κ2) is 17.0. The summed E-state index contributed by atoms with van der Waals surface area (Å²) < 4.78 is 5.72. The van der Waals surface area contributed by atoms with E-state index in [1.54, 1.807) is 14.1 Å². The number of amides is 3. The summed E-state index contributed by atoms with van der Waals surface area (Å²) in [5.41, 5.74) is 0. The molecule has 9 nitrogen and oxygen atoms in total. The third kappa shape index (κ3) is 12.4. The lowest BCUT2D eigenvalue weighted by Crippen LogP contribution is -2.53. The zero-order valence-corrected chi connectivity index (χ0v) is 22.8. The van der Waals surface area contributed by atoms with Gasteiger partial charge in [-0.3, -0.25) is 9.59 Å². The van der Waals surface area contributed by atoms with Gasteiger partial charge in [0.05, 0.1) is 0 Å². The Morgan fingerprint density at radius 2 is 1.81 bits per heavy atom. The highest BCUT2D eigenvalue weighted by Crippen LogP contribution is 2.19. The summed E-state index contributed by atoms with van der Waals surface area (Å²) in [4.78, 5) is 52.0. The van der Waals surface area contributed by atoms with Gasteiger partial charge < -0.3 is 25.4 Å². The molecule has 9 heteroatoms. The first kappa shape index (κ1) is 31.4. The maximum atomic E-state index is 13.1. The van der Waals surface area contributed by atoms with E-state index in [0.29, 0.717) is 25.7 Å². The average molecular weight is 510 g/mol. The number of nitrogens with zero attached hydrogens (tertiary/aromatic N) is 1. The molecule has 0 fully saturated rings. The monoisotopic (exact) mass is 509 g/mol. The summed E-state index contributed by atoms with van der Waals surface area (Å²) in [6, 6.07) is -2.19. The number of aliphatic carboxylic acids is 1. The number of alkyl carbamates (subject to hydrolysis) is 1.